The zero-order valence-electron chi connectivity index (χ0n) is 14.1. The number of aromatic nitrogens is 2. The summed E-state index contributed by atoms with van der Waals surface area (Å²) in [6.07, 6.45) is 3.69. The van der Waals surface area contributed by atoms with E-state index in [9.17, 15) is 4.79 Å². The average Bonchev–Trinajstić information content (AvgIpc) is 3.00. The van der Waals surface area contributed by atoms with Crippen LogP contribution in [0.25, 0.3) is 0 Å². The molecular weight excluding hydrogens is 412 g/mol. The number of halogens is 1. The minimum absolute atomic E-state index is 0.0401. The summed E-state index contributed by atoms with van der Waals surface area (Å²) in [5.41, 5.74) is 3.50. The number of Topliss-reactive ketones (excluding diaryl/α,β-unsaturated/α-hetero) is 1. The number of carbonyl (C=O) groups excluding carboxylic acids is 1. The Hall–Kier alpha value is -2.51. The van der Waals surface area contributed by atoms with Gasteiger partial charge in [-0.3, -0.25) is 9.48 Å². The van der Waals surface area contributed by atoms with Crippen molar-refractivity contribution in [2.75, 3.05) is 10.6 Å². The number of nitrogens with one attached hydrogen (secondary N) is 2. The van der Waals surface area contributed by atoms with Gasteiger partial charge in [0, 0.05) is 23.1 Å². The molecule has 0 atom stereocenters. The molecule has 0 aliphatic heterocycles. The van der Waals surface area contributed by atoms with Crippen molar-refractivity contribution in [3.63, 3.8) is 0 Å². The minimum atomic E-state index is 0.0401. The molecule has 3 aromatic rings. The van der Waals surface area contributed by atoms with Gasteiger partial charge in [0.1, 0.15) is 0 Å². The zero-order valence-corrected chi connectivity index (χ0v) is 16.5. The van der Waals surface area contributed by atoms with E-state index in [-0.39, 0.29) is 5.78 Å². The summed E-state index contributed by atoms with van der Waals surface area (Å²) >= 11 is 8.76. The van der Waals surface area contributed by atoms with E-state index in [0.29, 0.717) is 17.2 Å². The van der Waals surface area contributed by atoms with E-state index in [4.69, 9.17) is 12.2 Å². The zero-order chi connectivity index (χ0) is 18.5. The van der Waals surface area contributed by atoms with Crippen molar-refractivity contribution in [2.45, 2.75) is 13.5 Å². The van der Waals surface area contributed by atoms with E-state index in [1.165, 1.54) is 0 Å². The van der Waals surface area contributed by atoms with Gasteiger partial charge >= 0.3 is 0 Å². The van der Waals surface area contributed by atoms with Crippen LogP contribution in [0.1, 0.15) is 22.8 Å². The summed E-state index contributed by atoms with van der Waals surface area (Å²) in [4.78, 5) is 11.3. The van der Waals surface area contributed by atoms with Gasteiger partial charge in [0.05, 0.1) is 17.2 Å². The highest BCUT2D eigenvalue weighted by atomic mass is 79.9. The number of hydrogen-bond acceptors (Lipinski definition) is 3. The molecule has 0 aliphatic carbocycles. The lowest BCUT2D eigenvalue weighted by molar-refractivity contribution is 0.101. The molecule has 5 nitrogen and oxygen atoms in total. The highest BCUT2D eigenvalue weighted by Crippen LogP contribution is 2.15. The Kier molecular flexibility index (Phi) is 5.80. The molecule has 7 heteroatoms. The molecule has 0 saturated heterocycles. The molecule has 0 spiro atoms. The van der Waals surface area contributed by atoms with Gasteiger partial charge in [0.2, 0.25) is 0 Å². The maximum atomic E-state index is 11.3. The topological polar surface area (TPSA) is 59.0 Å². The van der Waals surface area contributed by atoms with Crippen LogP contribution in [0.3, 0.4) is 0 Å². The summed E-state index contributed by atoms with van der Waals surface area (Å²) in [5, 5.41) is 11.0. The van der Waals surface area contributed by atoms with Crippen LogP contribution in [0, 0.1) is 0 Å². The highest BCUT2D eigenvalue weighted by molar-refractivity contribution is 9.10. The fourth-order valence-corrected chi connectivity index (χ4v) is 3.00. The molecule has 0 bridgehead atoms. The van der Waals surface area contributed by atoms with Gasteiger partial charge in [0.15, 0.2) is 10.9 Å². The fraction of sp³-hybridized carbons (Fsp3) is 0.105. The minimum Gasteiger partial charge on any atom is -0.332 e. The second kappa shape index (κ2) is 8.25. The standard InChI is InChI=1S/C19H17BrN4OS/c1-13(25)15-5-7-17(8-6-15)22-19(26)23-18-4-2-3-14(9-18)11-24-12-16(20)10-21-24/h2-10,12H,11H2,1H3,(H2,22,23,26). The van der Waals surface area contributed by atoms with Gasteiger partial charge in [-0.05, 0) is 77.0 Å². The summed E-state index contributed by atoms with van der Waals surface area (Å²) < 4.78 is 2.81. The van der Waals surface area contributed by atoms with E-state index < -0.39 is 0 Å². The van der Waals surface area contributed by atoms with Crippen molar-refractivity contribution in [3.05, 3.63) is 76.5 Å². The maximum absolute atomic E-state index is 11.3. The molecule has 1 aromatic heterocycles. The number of thiocarbonyl (C=S) groups is 1. The Labute approximate surface area is 165 Å². The molecular formula is C19H17BrN4OS. The Morgan fingerprint density at radius 3 is 2.54 bits per heavy atom. The van der Waals surface area contributed by atoms with Crippen LogP contribution in [0.15, 0.2) is 65.4 Å². The quantitative estimate of drug-likeness (QED) is 0.455. The summed E-state index contributed by atoms with van der Waals surface area (Å²) in [7, 11) is 0. The van der Waals surface area contributed by atoms with Crippen LogP contribution in [0.4, 0.5) is 11.4 Å². The number of rotatable bonds is 5. The first-order valence-electron chi connectivity index (χ1n) is 7.95. The third-order valence-corrected chi connectivity index (χ3v) is 4.29. The number of carbonyl (C=O) groups is 1. The molecule has 2 aromatic carbocycles. The van der Waals surface area contributed by atoms with Crippen LogP contribution in [-0.4, -0.2) is 20.7 Å². The number of nitrogens with zero attached hydrogens (tertiary/aromatic N) is 2. The van der Waals surface area contributed by atoms with Gasteiger partial charge in [0.25, 0.3) is 0 Å². The number of ketones is 1. The maximum Gasteiger partial charge on any atom is 0.175 e. The second-order valence-corrected chi connectivity index (χ2v) is 7.09. The van der Waals surface area contributed by atoms with E-state index in [2.05, 4.69) is 31.7 Å². The SMILES string of the molecule is CC(=O)c1ccc(NC(=S)Nc2cccc(Cn3cc(Br)cn3)c2)cc1. The van der Waals surface area contributed by atoms with Gasteiger partial charge in [-0.25, -0.2) is 0 Å². The molecule has 3 rings (SSSR count). The van der Waals surface area contributed by atoms with E-state index in [1.54, 1.807) is 25.3 Å². The predicted molar refractivity (Wildman–Crippen MR) is 112 cm³/mol. The first-order chi connectivity index (χ1) is 12.5. The van der Waals surface area contributed by atoms with Crippen molar-refractivity contribution < 1.29 is 4.79 Å². The average molecular weight is 429 g/mol. The molecule has 0 unspecified atom stereocenters. The Bertz CT molecular complexity index is 937. The third kappa shape index (κ3) is 5.00. The third-order valence-electron chi connectivity index (χ3n) is 3.68. The largest absolute Gasteiger partial charge is 0.332 e. The van der Waals surface area contributed by atoms with Gasteiger partial charge in [-0.2, -0.15) is 5.10 Å². The molecule has 0 fully saturated rings. The fourth-order valence-electron chi connectivity index (χ4n) is 2.44. The predicted octanol–water partition coefficient (Wildman–Crippen LogP) is 4.71. The first-order valence-corrected chi connectivity index (χ1v) is 9.15. The number of benzene rings is 2. The van der Waals surface area contributed by atoms with Gasteiger partial charge in [-0.15, -0.1) is 0 Å². The van der Waals surface area contributed by atoms with Crippen molar-refractivity contribution in [1.29, 1.82) is 0 Å². The van der Waals surface area contributed by atoms with Gasteiger partial charge in [-0.1, -0.05) is 12.1 Å². The Balaban J connectivity index is 1.62. The first kappa shape index (κ1) is 18.3. The van der Waals surface area contributed by atoms with Crippen LogP contribution in [-0.2, 0) is 6.54 Å². The monoisotopic (exact) mass is 428 g/mol. The number of anilines is 2. The molecule has 0 amide bonds. The van der Waals surface area contributed by atoms with Crippen LogP contribution in [0.2, 0.25) is 0 Å². The lowest BCUT2D eigenvalue weighted by atomic mass is 10.1. The van der Waals surface area contributed by atoms with Crippen LogP contribution < -0.4 is 10.6 Å². The number of hydrogen-bond donors (Lipinski definition) is 2. The van der Waals surface area contributed by atoms with E-state index in [1.807, 2.05) is 47.3 Å². The molecule has 26 heavy (non-hydrogen) atoms. The van der Waals surface area contributed by atoms with E-state index >= 15 is 0 Å². The normalized spacial score (nSPS) is 10.4. The van der Waals surface area contributed by atoms with E-state index in [0.717, 1.165) is 21.4 Å². The summed E-state index contributed by atoms with van der Waals surface area (Å²) in [6, 6.07) is 15.2. The molecule has 132 valence electrons. The molecule has 0 aliphatic rings. The molecule has 1 heterocycles. The Morgan fingerprint density at radius 2 is 1.88 bits per heavy atom. The smallest absolute Gasteiger partial charge is 0.175 e. The lowest BCUT2D eigenvalue weighted by Crippen LogP contribution is -2.19. The molecule has 0 saturated carbocycles. The highest BCUT2D eigenvalue weighted by Gasteiger charge is 2.03. The lowest BCUT2D eigenvalue weighted by Gasteiger charge is -2.12. The Morgan fingerprint density at radius 1 is 1.15 bits per heavy atom. The second-order valence-electron chi connectivity index (χ2n) is 5.77. The van der Waals surface area contributed by atoms with Crippen molar-refractivity contribution in [1.82, 2.24) is 9.78 Å². The summed E-state index contributed by atoms with van der Waals surface area (Å²) in [6.45, 7) is 2.22. The summed E-state index contributed by atoms with van der Waals surface area (Å²) in [5.74, 6) is 0.0401. The van der Waals surface area contributed by atoms with Gasteiger partial charge < -0.3 is 10.6 Å². The van der Waals surface area contributed by atoms with Crippen molar-refractivity contribution >= 4 is 50.4 Å². The van der Waals surface area contributed by atoms with Crippen molar-refractivity contribution in [3.8, 4) is 0 Å². The molecule has 2 N–H and O–H groups in total. The van der Waals surface area contributed by atoms with Crippen molar-refractivity contribution in [2.24, 2.45) is 0 Å². The van der Waals surface area contributed by atoms with Crippen LogP contribution in [0.5, 0.6) is 0 Å². The van der Waals surface area contributed by atoms with Crippen LogP contribution >= 0.6 is 28.1 Å². The molecule has 0 radical (unpaired) electrons.